The number of benzene rings is 1. The Morgan fingerprint density at radius 1 is 1.24 bits per heavy atom. The number of carbonyl (C=O) groups excluding carboxylic acids is 1. The van der Waals surface area contributed by atoms with Gasteiger partial charge < -0.3 is 10.4 Å². The van der Waals surface area contributed by atoms with Gasteiger partial charge in [0.05, 0.1) is 6.42 Å². The molecule has 0 saturated heterocycles. The molecule has 0 heterocycles. The van der Waals surface area contributed by atoms with Crippen LogP contribution in [-0.2, 0) is 16.0 Å². The van der Waals surface area contributed by atoms with Crippen LogP contribution in [0.1, 0.15) is 38.3 Å². The Bertz CT molecular complexity index is 503. The molecular weight excluding hydrogens is 266 g/mol. The van der Waals surface area contributed by atoms with Gasteiger partial charge in [-0.05, 0) is 29.5 Å². The zero-order valence-electron chi connectivity index (χ0n) is 12.8. The van der Waals surface area contributed by atoms with E-state index in [-0.39, 0.29) is 24.3 Å². The van der Waals surface area contributed by atoms with E-state index >= 15 is 0 Å². The smallest absolute Gasteiger partial charge is 0.305 e. The minimum atomic E-state index is -0.909. The lowest BCUT2D eigenvalue weighted by molar-refractivity contribution is -0.138. The standard InChI is InChI=1S/C17H23NO3/c1-4-13-5-7-14(8-6-13)9-10-16(19)18-15(12(2)3)11-17(20)21/h5-10,12,15H,4,11H2,1-3H3,(H,18,19)(H,20,21)/b10-9+. The Morgan fingerprint density at radius 3 is 2.33 bits per heavy atom. The van der Waals surface area contributed by atoms with Crippen molar-refractivity contribution in [2.45, 2.75) is 39.7 Å². The number of carboxylic acid groups (broad SMARTS) is 1. The average molecular weight is 289 g/mol. The van der Waals surface area contributed by atoms with Crippen LogP contribution in [0, 0.1) is 5.92 Å². The van der Waals surface area contributed by atoms with Crippen molar-refractivity contribution >= 4 is 18.0 Å². The van der Waals surface area contributed by atoms with Gasteiger partial charge in [-0.2, -0.15) is 0 Å². The van der Waals surface area contributed by atoms with Gasteiger partial charge in [0.1, 0.15) is 0 Å². The van der Waals surface area contributed by atoms with E-state index < -0.39 is 5.97 Å². The van der Waals surface area contributed by atoms with E-state index in [9.17, 15) is 9.59 Å². The Balaban J connectivity index is 2.61. The van der Waals surface area contributed by atoms with Crippen LogP contribution in [0.5, 0.6) is 0 Å². The van der Waals surface area contributed by atoms with Crippen LogP contribution >= 0.6 is 0 Å². The molecule has 21 heavy (non-hydrogen) atoms. The molecule has 1 amide bonds. The minimum Gasteiger partial charge on any atom is -0.481 e. The first-order valence-electron chi connectivity index (χ1n) is 7.21. The molecule has 0 aromatic heterocycles. The maximum atomic E-state index is 11.8. The molecule has 0 spiro atoms. The minimum absolute atomic E-state index is 0.0670. The number of carbonyl (C=O) groups is 2. The number of rotatable bonds is 7. The molecule has 0 aliphatic heterocycles. The van der Waals surface area contributed by atoms with Crippen molar-refractivity contribution < 1.29 is 14.7 Å². The third kappa shape index (κ3) is 6.25. The molecule has 4 heteroatoms. The second-order valence-electron chi connectivity index (χ2n) is 5.39. The Hall–Kier alpha value is -2.10. The SMILES string of the molecule is CCc1ccc(/C=C/C(=O)NC(CC(=O)O)C(C)C)cc1. The maximum absolute atomic E-state index is 11.8. The van der Waals surface area contributed by atoms with Gasteiger partial charge in [0, 0.05) is 12.1 Å². The van der Waals surface area contributed by atoms with Crippen molar-refractivity contribution in [3.8, 4) is 0 Å². The predicted octanol–water partition coefficient (Wildman–Crippen LogP) is 2.88. The highest BCUT2D eigenvalue weighted by Gasteiger charge is 2.18. The van der Waals surface area contributed by atoms with Crippen LogP contribution in [-0.4, -0.2) is 23.0 Å². The number of aryl methyl sites for hydroxylation is 1. The third-order valence-corrected chi connectivity index (χ3v) is 3.34. The van der Waals surface area contributed by atoms with Crippen molar-refractivity contribution in [3.05, 3.63) is 41.5 Å². The lowest BCUT2D eigenvalue weighted by atomic mass is 10.0. The van der Waals surface area contributed by atoms with Crippen molar-refractivity contribution in [2.75, 3.05) is 0 Å². The average Bonchev–Trinajstić information content (AvgIpc) is 2.44. The number of hydrogen-bond acceptors (Lipinski definition) is 2. The summed E-state index contributed by atoms with van der Waals surface area (Å²) >= 11 is 0. The molecule has 114 valence electrons. The molecule has 1 atom stereocenters. The van der Waals surface area contributed by atoms with Gasteiger partial charge in [0.2, 0.25) is 5.91 Å². The van der Waals surface area contributed by atoms with E-state index in [4.69, 9.17) is 5.11 Å². The lowest BCUT2D eigenvalue weighted by Crippen LogP contribution is -2.39. The van der Waals surface area contributed by atoms with Gasteiger partial charge in [-0.15, -0.1) is 0 Å². The predicted molar refractivity (Wildman–Crippen MR) is 83.9 cm³/mol. The molecule has 0 bridgehead atoms. The molecule has 1 aromatic carbocycles. The van der Waals surface area contributed by atoms with Crippen molar-refractivity contribution in [2.24, 2.45) is 5.92 Å². The van der Waals surface area contributed by atoms with E-state index in [1.165, 1.54) is 11.6 Å². The highest BCUT2D eigenvalue weighted by molar-refractivity contribution is 5.92. The van der Waals surface area contributed by atoms with Crippen LogP contribution in [0.15, 0.2) is 30.3 Å². The summed E-state index contributed by atoms with van der Waals surface area (Å²) in [5.74, 6) is -1.11. The van der Waals surface area contributed by atoms with Crippen LogP contribution < -0.4 is 5.32 Å². The molecule has 0 saturated carbocycles. The van der Waals surface area contributed by atoms with E-state index in [0.29, 0.717) is 0 Å². The normalized spacial score (nSPS) is 12.6. The molecule has 4 nitrogen and oxygen atoms in total. The number of nitrogens with one attached hydrogen (secondary N) is 1. The lowest BCUT2D eigenvalue weighted by Gasteiger charge is -2.19. The Labute approximate surface area is 125 Å². The first kappa shape index (κ1) is 17.0. The van der Waals surface area contributed by atoms with Gasteiger partial charge >= 0.3 is 5.97 Å². The number of aliphatic carboxylic acids is 1. The van der Waals surface area contributed by atoms with Gasteiger partial charge in [-0.3, -0.25) is 9.59 Å². The second kappa shape index (κ2) is 8.25. The molecule has 0 aliphatic carbocycles. The van der Waals surface area contributed by atoms with Crippen LogP contribution in [0.4, 0.5) is 0 Å². The topological polar surface area (TPSA) is 66.4 Å². The zero-order chi connectivity index (χ0) is 15.8. The summed E-state index contributed by atoms with van der Waals surface area (Å²) < 4.78 is 0. The molecule has 2 N–H and O–H groups in total. The fourth-order valence-corrected chi connectivity index (χ4v) is 1.91. The molecular formula is C17H23NO3. The molecule has 0 radical (unpaired) electrons. The van der Waals surface area contributed by atoms with Crippen molar-refractivity contribution in [1.29, 1.82) is 0 Å². The van der Waals surface area contributed by atoms with Crippen LogP contribution in [0.25, 0.3) is 6.08 Å². The summed E-state index contributed by atoms with van der Waals surface area (Å²) in [6.45, 7) is 5.87. The fraction of sp³-hybridized carbons (Fsp3) is 0.412. The zero-order valence-corrected chi connectivity index (χ0v) is 12.8. The first-order valence-corrected chi connectivity index (χ1v) is 7.21. The van der Waals surface area contributed by atoms with Crippen LogP contribution in [0.3, 0.4) is 0 Å². The monoisotopic (exact) mass is 289 g/mol. The number of carboxylic acids is 1. The largest absolute Gasteiger partial charge is 0.481 e. The molecule has 0 aliphatic rings. The fourth-order valence-electron chi connectivity index (χ4n) is 1.91. The van der Waals surface area contributed by atoms with Gasteiger partial charge in [-0.25, -0.2) is 0 Å². The van der Waals surface area contributed by atoms with Gasteiger partial charge in [0.25, 0.3) is 0 Å². The second-order valence-corrected chi connectivity index (χ2v) is 5.39. The quantitative estimate of drug-likeness (QED) is 0.758. The molecule has 0 fully saturated rings. The maximum Gasteiger partial charge on any atom is 0.305 e. The summed E-state index contributed by atoms with van der Waals surface area (Å²) in [4.78, 5) is 22.6. The van der Waals surface area contributed by atoms with E-state index in [2.05, 4.69) is 12.2 Å². The van der Waals surface area contributed by atoms with E-state index in [0.717, 1.165) is 12.0 Å². The first-order chi connectivity index (χ1) is 9.92. The Kier molecular flexibility index (Phi) is 6.66. The summed E-state index contributed by atoms with van der Waals surface area (Å²) in [6, 6.07) is 7.61. The molecule has 1 aromatic rings. The summed E-state index contributed by atoms with van der Waals surface area (Å²) in [7, 11) is 0. The van der Waals surface area contributed by atoms with Gasteiger partial charge in [-0.1, -0.05) is 45.0 Å². The van der Waals surface area contributed by atoms with Crippen molar-refractivity contribution in [3.63, 3.8) is 0 Å². The van der Waals surface area contributed by atoms with Crippen LogP contribution in [0.2, 0.25) is 0 Å². The summed E-state index contributed by atoms with van der Waals surface area (Å²) in [6.07, 6.45) is 4.09. The summed E-state index contributed by atoms with van der Waals surface area (Å²) in [5, 5.41) is 11.6. The van der Waals surface area contributed by atoms with Crippen molar-refractivity contribution in [1.82, 2.24) is 5.32 Å². The number of hydrogen-bond donors (Lipinski definition) is 2. The molecule has 1 rings (SSSR count). The number of amides is 1. The van der Waals surface area contributed by atoms with E-state index in [1.54, 1.807) is 6.08 Å². The highest BCUT2D eigenvalue weighted by atomic mass is 16.4. The third-order valence-electron chi connectivity index (χ3n) is 3.34. The van der Waals surface area contributed by atoms with E-state index in [1.807, 2.05) is 38.1 Å². The highest BCUT2D eigenvalue weighted by Crippen LogP contribution is 2.08. The summed E-state index contributed by atoms with van der Waals surface area (Å²) in [5.41, 5.74) is 2.19. The Morgan fingerprint density at radius 2 is 1.86 bits per heavy atom. The van der Waals surface area contributed by atoms with Gasteiger partial charge in [0.15, 0.2) is 0 Å². The molecule has 1 unspecified atom stereocenters.